The van der Waals surface area contributed by atoms with Crippen molar-refractivity contribution in [2.75, 3.05) is 39.1 Å². The Morgan fingerprint density at radius 2 is 2.09 bits per heavy atom. The molecule has 3 aromatic heterocycles. The summed E-state index contributed by atoms with van der Waals surface area (Å²) in [4.78, 5) is 22.1. The number of hydrogen-bond acceptors (Lipinski definition) is 4. The summed E-state index contributed by atoms with van der Waals surface area (Å²) in [6.45, 7) is 8.68. The molecular weight excluding hydrogens is 423 g/mol. The number of aromatic amines is 1. The molecule has 8 nitrogen and oxygen atoms in total. The highest BCUT2D eigenvalue weighted by molar-refractivity contribution is 7.62. The van der Waals surface area contributed by atoms with Crippen LogP contribution in [0.4, 0.5) is 4.79 Å². The Kier molecular flexibility index (Phi) is 5.16. The number of aryl methyl sites for hydroxylation is 2. The molecule has 1 atom stereocenters. The predicted octanol–water partition coefficient (Wildman–Crippen LogP) is 3.67. The number of nitrogens with zero attached hydrogens (tertiary/aromatic N) is 4. The number of H-pyrrole nitrogens is 1. The van der Waals surface area contributed by atoms with E-state index in [1.54, 1.807) is 0 Å². The Labute approximate surface area is 188 Å². The number of urea groups is 1. The van der Waals surface area contributed by atoms with Crippen molar-refractivity contribution in [1.82, 2.24) is 30.0 Å². The van der Waals surface area contributed by atoms with Crippen LogP contribution in [0.2, 0.25) is 0 Å². The van der Waals surface area contributed by atoms with Gasteiger partial charge in [0, 0.05) is 66.8 Å². The van der Waals surface area contributed by atoms with E-state index in [0.29, 0.717) is 12.7 Å². The van der Waals surface area contributed by atoms with Gasteiger partial charge in [0.05, 0.1) is 12.8 Å². The van der Waals surface area contributed by atoms with Crippen molar-refractivity contribution in [2.24, 2.45) is 0 Å². The first-order valence-electron chi connectivity index (χ1n) is 11.4. The Morgan fingerprint density at radius 3 is 2.88 bits per heavy atom. The molecule has 0 radical (unpaired) electrons. The van der Waals surface area contributed by atoms with Crippen LogP contribution < -0.4 is 5.32 Å². The molecule has 3 aromatic rings. The molecule has 1 unspecified atom stereocenters. The van der Waals surface area contributed by atoms with E-state index < -0.39 is 7.14 Å². The average Bonchev–Trinajstić information content (AvgIpc) is 3.51. The lowest BCUT2D eigenvalue weighted by atomic mass is 9.82. The number of rotatable bonds is 5. The molecule has 0 bridgehead atoms. The number of amides is 2. The van der Waals surface area contributed by atoms with Crippen LogP contribution in [0.3, 0.4) is 0 Å². The Morgan fingerprint density at radius 1 is 1.28 bits per heavy atom. The quantitative estimate of drug-likeness (QED) is 0.575. The van der Waals surface area contributed by atoms with E-state index in [1.165, 1.54) is 5.69 Å². The number of fused-ring (bicyclic) bond motifs is 3. The summed E-state index contributed by atoms with van der Waals surface area (Å²) in [7, 11) is -2.07. The van der Waals surface area contributed by atoms with E-state index in [4.69, 9.17) is 5.10 Å². The third-order valence-corrected chi connectivity index (χ3v) is 8.23. The second-order valence-corrected chi connectivity index (χ2v) is 13.3. The average molecular weight is 455 g/mol. The maximum absolute atomic E-state index is 12.3. The van der Waals surface area contributed by atoms with Gasteiger partial charge in [-0.25, -0.2) is 9.78 Å². The maximum Gasteiger partial charge on any atom is 0.317 e. The Hall–Kier alpha value is -2.60. The molecule has 1 saturated heterocycles. The summed E-state index contributed by atoms with van der Waals surface area (Å²) in [6.07, 6.45) is 7.31. The van der Waals surface area contributed by atoms with Crippen LogP contribution in [0.25, 0.3) is 22.3 Å². The monoisotopic (exact) mass is 454 g/mol. The lowest BCUT2D eigenvalue weighted by molar-refractivity contribution is 0.206. The van der Waals surface area contributed by atoms with Gasteiger partial charge in [-0.05, 0) is 57.2 Å². The minimum Gasteiger partial charge on any atom is -0.346 e. The van der Waals surface area contributed by atoms with Gasteiger partial charge in [-0.1, -0.05) is 0 Å². The molecule has 2 aliphatic rings. The lowest BCUT2D eigenvalue weighted by Crippen LogP contribution is -2.40. The largest absolute Gasteiger partial charge is 0.346 e. The van der Waals surface area contributed by atoms with Crippen LogP contribution in [-0.4, -0.2) is 69.8 Å². The number of aromatic nitrogens is 4. The van der Waals surface area contributed by atoms with E-state index in [1.807, 2.05) is 37.5 Å². The fraction of sp³-hybridized carbons (Fsp3) is 0.522. The number of hydrogen-bond donors (Lipinski definition) is 2. The van der Waals surface area contributed by atoms with Crippen molar-refractivity contribution in [3.63, 3.8) is 0 Å². The molecule has 5 rings (SSSR count). The minimum absolute atomic E-state index is 0.00345. The van der Waals surface area contributed by atoms with Gasteiger partial charge in [-0.15, -0.1) is 0 Å². The molecule has 170 valence electrons. The first-order chi connectivity index (χ1) is 15.3. The summed E-state index contributed by atoms with van der Waals surface area (Å²) in [5, 5.41) is 8.89. The van der Waals surface area contributed by atoms with Crippen molar-refractivity contribution < 1.29 is 9.36 Å². The third-order valence-electron chi connectivity index (χ3n) is 6.93. The number of carbonyl (C=O) groups is 1. The summed E-state index contributed by atoms with van der Waals surface area (Å²) in [5.41, 5.74) is 5.14. The van der Waals surface area contributed by atoms with Crippen LogP contribution in [0.5, 0.6) is 0 Å². The Bertz CT molecular complexity index is 1220. The summed E-state index contributed by atoms with van der Waals surface area (Å²) < 4.78 is 14.3. The first kappa shape index (κ1) is 21.3. The molecule has 2 amide bonds. The van der Waals surface area contributed by atoms with Crippen LogP contribution in [-0.2, 0) is 22.9 Å². The van der Waals surface area contributed by atoms with E-state index in [-0.39, 0.29) is 11.4 Å². The number of pyridine rings is 1. The highest BCUT2D eigenvalue weighted by Gasteiger charge is 2.46. The second kappa shape index (κ2) is 7.77. The molecule has 5 heterocycles. The molecule has 1 spiro atoms. The van der Waals surface area contributed by atoms with Gasteiger partial charge in [0.1, 0.15) is 5.65 Å². The molecule has 0 aromatic carbocycles. The van der Waals surface area contributed by atoms with Gasteiger partial charge in [0.15, 0.2) is 0 Å². The number of nitrogens with one attached hydrogen (secondary N) is 2. The van der Waals surface area contributed by atoms with Crippen molar-refractivity contribution in [2.45, 2.75) is 38.1 Å². The van der Waals surface area contributed by atoms with E-state index >= 15 is 0 Å². The second-order valence-electron chi connectivity index (χ2n) is 9.66. The smallest absolute Gasteiger partial charge is 0.317 e. The van der Waals surface area contributed by atoms with Crippen LogP contribution >= 0.6 is 7.14 Å². The SMILES string of the molecule is CCNC(=O)N1CCC2(CCn3nc(-c4cnc5[nH]cc(CCP(C)(C)=O)c5c4)cc32)C1. The highest BCUT2D eigenvalue weighted by Crippen LogP contribution is 2.44. The third kappa shape index (κ3) is 3.75. The van der Waals surface area contributed by atoms with Crippen molar-refractivity contribution in [3.8, 4) is 11.3 Å². The van der Waals surface area contributed by atoms with Crippen LogP contribution in [0.1, 0.15) is 31.0 Å². The molecule has 9 heteroatoms. The van der Waals surface area contributed by atoms with E-state index in [0.717, 1.165) is 66.8 Å². The molecule has 1 fully saturated rings. The highest BCUT2D eigenvalue weighted by atomic mass is 31.2. The van der Waals surface area contributed by atoms with Gasteiger partial charge in [-0.2, -0.15) is 5.10 Å². The summed E-state index contributed by atoms with van der Waals surface area (Å²) in [6, 6.07) is 4.36. The van der Waals surface area contributed by atoms with Crippen LogP contribution in [0.15, 0.2) is 24.5 Å². The summed E-state index contributed by atoms with van der Waals surface area (Å²) >= 11 is 0. The van der Waals surface area contributed by atoms with Crippen molar-refractivity contribution >= 4 is 24.2 Å². The standard InChI is InChI=1S/C23H31N6O2P/c1-4-24-22(30)28-8-6-23(15-28)7-9-29-20(23)12-19(27-29)17-11-18-16(5-10-32(2,3)31)13-25-21(18)26-14-17/h11-14H,4-10,15H2,1-3H3,(H,24,30)(H,25,26). The Balaban J connectivity index is 1.42. The lowest BCUT2D eigenvalue weighted by Gasteiger charge is -2.23. The molecule has 32 heavy (non-hydrogen) atoms. The van der Waals surface area contributed by atoms with Gasteiger partial charge >= 0.3 is 6.03 Å². The van der Waals surface area contributed by atoms with E-state index in [9.17, 15) is 9.36 Å². The zero-order valence-corrected chi connectivity index (χ0v) is 19.9. The maximum atomic E-state index is 12.3. The van der Waals surface area contributed by atoms with Gasteiger partial charge in [-0.3, -0.25) is 4.68 Å². The van der Waals surface area contributed by atoms with Gasteiger partial charge in [0.2, 0.25) is 0 Å². The molecule has 0 saturated carbocycles. The fourth-order valence-electron chi connectivity index (χ4n) is 5.12. The number of likely N-dealkylation sites (tertiary alicyclic amines) is 1. The predicted molar refractivity (Wildman–Crippen MR) is 127 cm³/mol. The molecule has 2 aliphatic heterocycles. The fourth-order valence-corrected chi connectivity index (χ4v) is 5.90. The van der Waals surface area contributed by atoms with Crippen molar-refractivity contribution in [1.29, 1.82) is 0 Å². The van der Waals surface area contributed by atoms with Crippen molar-refractivity contribution in [3.05, 3.63) is 35.8 Å². The van der Waals surface area contributed by atoms with Gasteiger partial charge < -0.3 is 19.8 Å². The first-order valence-corrected chi connectivity index (χ1v) is 14.2. The number of carbonyl (C=O) groups excluding carboxylic acids is 1. The zero-order valence-electron chi connectivity index (χ0n) is 19.0. The normalized spacial score (nSPS) is 20.4. The zero-order chi connectivity index (χ0) is 22.5. The van der Waals surface area contributed by atoms with Crippen LogP contribution in [0, 0.1) is 0 Å². The molecule has 0 aliphatic carbocycles. The molecule has 2 N–H and O–H groups in total. The summed E-state index contributed by atoms with van der Waals surface area (Å²) in [5.74, 6) is 0. The van der Waals surface area contributed by atoms with E-state index in [2.05, 4.69) is 32.1 Å². The van der Waals surface area contributed by atoms with Gasteiger partial charge in [0.25, 0.3) is 0 Å². The topological polar surface area (TPSA) is 95.9 Å². The minimum atomic E-state index is -2.07. The molecular formula is C23H31N6O2P.